The second-order valence-electron chi connectivity index (χ2n) is 4.15. The summed E-state index contributed by atoms with van der Waals surface area (Å²) in [7, 11) is 0. The minimum absolute atomic E-state index is 0.513. The van der Waals surface area contributed by atoms with Crippen molar-refractivity contribution in [2.24, 2.45) is 0 Å². The van der Waals surface area contributed by atoms with Crippen molar-refractivity contribution in [3.05, 3.63) is 24.3 Å². The Labute approximate surface area is 94.1 Å². The van der Waals surface area contributed by atoms with Crippen molar-refractivity contribution >= 4 is 22.4 Å². The van der Waals surface area contributed by atoms with Crippen molar-refractivity contribution in [2.75, 3.05) is 23.7 Å². The molecule has 0 bridgehead atoms. The molecule has 0 radical (unpaired) electrons. The molecule has 82 valence electrons. The fourth-order valence-corrected chi connectivity index (χ4v) is 2.27. The van der Waals surface area contributed by atoms with E-state index in [9.17, 15) is 0 Å². The molecule has 2 aromatic rings. The lowest BCUT2D eigenvalue weighted by molar-refractivity contribution is 0.908. The molecule has 16 heavy (non-hydrogen) atoms. The summed E-state index contributed by atoms with van der Waals surface area (Å²) in [5.74, 6) is 1.49. The number of fused-ring (bicyclic) bond motifs is 1. The van der Waals surface area contributed by atoms with Crippen molar-refractivity contribution in [3.63, 3.8) is 0 Å². The molecule has 2 heterocycles. The molecule has 1 fully saturated rings. The Morgan fingerprint density at radius 3 is 2.44 bits per heavy atom. The molecule has 3 rings (SSSR count). The molecule has 1 saturated heterocycles. The number of nitrogens with two attached hydrogens (primary N) is 1. The Kier molecular flexibility index (Phi) is 2.13. The van der Waals surface area contributed by atoms with Crippen LogP contribution in [-0.4, -0.2) is 23.3 Å². The number of rotatable bonds is 1. The van der Waals surface area contributed by atoms with Gasteiger partial charge in [0.1, 0.15) is 0 Å². The molecule has 0 aliphatic carbocycles. The number of aromatic nitrogens is 2. The number of nitrogens with zero attached hydrogens (tertiary/aromatic N) is 3. The van der Waals surface area contributed by atoms with Gasteiger partial charge in [-0.15, -0.1) is 10.2 Å². The van der Waals surface area contributed by atoms with Crippen LogP contribution >= 0.6 is 0 Å². The Morgan fingerprint density at radius 1 is 1.00 bits per heavy atom. The first-order valence-electron chi connectivity index (χ1n) is 5.62. The van der Waals surface area contributed by atoms with Gasteiger partial charge in [-0.05, 0) is 12.8 Å². The first kappa shape index (κ1) is 9.39. The summed E-state index contributed by atoms with van der Waals surface area (Å²) in [6.45, 7) is 2.14. The first-order chi connectivity index (χ1) is 7.86. The highest BCUT2D eigenvalue weighted by Gasteiger charge is 2.17. The van der Waals surface area contributed by atoms with E-state index in [1.165, 1.54) is 12.8 Å². The highest BCUT2D eigenvalue weighted by Crippen LogP contribution is 2.28. The number of benzene rings is 1. The van der Waals surface area contributed by atoms with Crippen molar-refractivity contribution < 1.29 is 0 Å². The van der Waals surface area contributed by atoms with Crippen LogP contribution in [0.25, 0.3) is 10.8 Å². The fraction of sp³-hybridized carbons (Fsp3) is 0.333. The van der Waals surface area contributed by atoms with Crippen molar-refractivity contribution in [2.45, 2.75) is 12.8 Å². The monoisotopic (exact) mass is 214 g/mol. The van der Waals surface area contributed by atoms with Crippen LogP contribution in [0.3, 0.4) is 0 Å². The maximum Gasteiger partial charge on any atom is 0.159 e. The maximum atomic E-state index is 5.83. The third-order valence-corrected chi connectivity index (χ3v) is 3.10. The maximum absolute atomic E-state index is 5.83. The zero-order chi connectivity index (χ0) is 11.0. The molecule has 1 aliphatic rings. The number of nitrogen functional groups attached to an aromatic ring is 1. The second kappa shape index (κ2) is 3.63. The van der Waals surface area contributed by atoms with E-state index >= 15 is 0 Å². The molecule has 0 unspecified atom stereocenters. The van der Waals surface area contributed by atoms with Gasteiger partial charge in [-0.2, -0.15) is 0 Å². The van der Waals surface area contributed by atoms with E-state index < -0.39 is 0 Å². The average Bonchev–Trinajstić information content (AvgIpc) is 2.83. The molecule has 1 aromatic heterocycles. The molecular formula is C12H14N4. The molecule has 0 saturated carbocycles. The highest BCUT2D eigenvalue weighted by molar-refractivity contribution is 5.97. The number of hydrogen-bond acceptors (Lipinski definition) is 4. The van der Waals surface area contributed by atoms with Gasteiger partial charge in [-0.25, -0.2) is 0 Å². The third-order valence-electron chi connectivity index (χ3n) is 3.10. The van der Waals surface area contributed by atoms with E-state index in [1.54, 1.807) is 0 Å². The molecule has 0 spiro atoms. The minimum atomic E-state index is 0.513. The second-order valence-corrected chi connectivity index (χ2v) is 4.15. The van der Waals surface area contributed by atoms with Crippen LogP contribution in [-0.2, 0) is 0 Å². The molecule has 4 heteroatoms. The summed E-state index contributed by atoms with van der Waals surface area (Å²) in [5.41, 5.74) is 5.83. The zero-order valence-corrected chi connectivity index (χ0v) is 9.06. The smallest absolute Gasteiger partial charge is 0.159 e. The zero-order valence-electron chi connectivity index (χ0n) is 9.06. The largest absolute Gasteiger partial charge is 0.382 e. The molecule has 4 nitrogen and oxygen atoms in total. The van der Waals surface area contributed by atoms with Crippen molar-refractivity contribution in [1.29, 1.82) is 0 Å². The van der Waals surface area contributed by atoms with Gasteiger partial charge in [-0.3, -0.25) is 0 Å². The minimum Gasteiger partial charge on any atom is -0.382 e. The number of anilines is 2. The summed E-state index contributed by atoms with van der Waals surface area (Å²) in [6, 6.07) is 8.06. The molecule has 0 atom stereocenters. The van der Waals surface area contributed by atoms with E-state index in [1.807, 2.05) is 18.2 Å². The highest BCUT2D eigenvalue weighted by atomic mass is 15.3. The van der Waals surface area contributed by atoms with Crippen LogP contribution in [0.4, 0.5) is 11.6 Å². The SMILES string of the molecule is Nc1nnc(N2CCCC2)c2ccccc12. The Morgan fingerprint density at radius 2 is 1.69 bits per heavy atom. The van der Waals surface area contributed by atoms with Gasteiger partial charge < -0.3 is 10.6 Å². The average molecular weight is 214 g/mol. The quantitative estimate of drug-likeness (QED) is 0.786. The topological polar surface area (TPSA) is 55.0 Å². The lowest BCUT2D eigenvalue weighted by Gasteiger charge is -2.17. The van der Waals surface area contributed by atoms with Crippen LogP contribution in [0, 0.1) is 0 Å². The fourth-order valence-electron chi connectivity index (χ4n) is 2.27. The summed E-state index contributed by atoms with van der Waals surface area (Å²) in [6.07, 6.45) is 2.47. The lowest BCUT2D eigenvalue weighted by Crippen LogP contribution is -2.20. The molecular weight excluding hydrogens is 200 g/mol. The van der Waals surface area contributed by atoms with Crippen LogP contribution < -0.4 is 10.6 Å². The van der Waals surface area contributed by atoms with E-state index in [-0.39, 0.29) is 0 Å². The van der Waals surface area contributed by atoms with Gasteiger partial charge in [0.05, 0.1) is 0 Å². The predicted molar refractivity (Wildman–Crippen MR) is 65.4 cm³/mol. The van der Waals surface area contributed by atoms with Gasteiger partial charge in [0.15, 0.2) is 11.6 Å². The van der Waals surface area contributed by atoms with Gasteiger partial charge in [0, 0.05) is 23.9 Å². The van der Waals surface area contributed by atoms with Crippen molar-refractivity contribution in [3.8, 4) is 0 Å². The molecule has 0 amide bonds. The predicted octanol–water partition coefficient (Wildman–Crippen LogP) is 1.81. The lowest BCUT2D eigenvalue weighted by atomic mass is 10.1. The molecule has 1 aliphatic heterocycles. The van der Waals surface area contributed by atoms with E-state index in [2.05, 4.69) is 21.2 Å². The van der Waals surface area contributed by atoms with E-state index in [0.717, 1.165) is 29.7 Å². The summed E-state index contributed by atoms with van der Waals surface area (Å²) >= 11 is 0. The summed E-state index contributed by atoms with van der Waals surface area (Å²) in [5, 5.41) is 10.4. The van der Waals surface area contributed by atoms with Crippen LogP contribution in [0.5, 0.6) is 0 Å². The van der Waals surface area contributed by atoms with Crippen LogP contribution in [0.15, 0.2) is 24.3 Å². The summed E-state index contributed by atoms with van der Waals surface area (Å²) in [4.78, 5) is 2.29. The Balaban J connectivity index is 2.21. The standard InChI is InChI=1S/C12H14N4/c13-11-9-5-1-2-6-10(9)12(15-14-11)16-7-3-4-8-16/h1-2,5-6H,3-4,7-8H2,(H2,13,14). The first-order valence-corrected chi connectivity index (χ1v) is 5.62. The summed E-state index contributed by atoms with van der Waals surface area (Å²) < 4.78 is 0. The van der Waals surface area contributed by atoms with Gasteiger partial charge in [0.2, 0.25) is 0 Å². The van der Waals surface area contributed by atoms with Gasteiger partial charge in [0.25, 0.3) is 0 Å². The Bertz CT molecular complexity index is 517. The van der Waals surface area contributed by atoms with Crippen LogP contribution in [0.2, 0.25) is 0 Å². The van der Waals surface area contributed by atoms with E-state index in [0.29, 0.717) is 5.82 Å². The Hall–Kier alpha value is -1.84. The van der Waals surface area contributed by atoms with Gasteiger partial charge in [-0.1, -0.05) is 24.3 Å². The molecule has 2 N–H and O–H groups in total. The van der Waals surface area contributed by atoms with Gasteiger partial charge >= 0.3 is 0 Å². The number of hydrogen-bond donors (Lipinski definition) is 1. The third kappa shape index (κ3) is 1.38. The van der Waals surface area contributed by atoms with E-state index in [4.69, 9.17) is 5.73 Å². The molecule has 1 aromatic carbocycles. The normalized spacial score (nSPS) is 15.9. The van der Waals surface area contributed by atoms with Crippen molar-refractivity contribution in [1.82, 2.24) is 10.2 Å². The van der Waals surface area contributed by atoms with Crippen LogP contribution in [0.1, 0.15) is 12.8 Å².